The quantitative estimate of drug-likeness (QED) is 0.623. The fraction of sp³-hybridized carbons (Fsp3) is 0.818. The van der Waals surface area contributed by atoms with E-state index in [1.165, 1.54) is 6.92 Å². The Labute approximate surface area is 97.4 Å². The summed E-state index contributed by atoms with van der Waals surface area (Å²) in [6.07, 6.45) is 0. The summed E-state index contributed by atoms with van der Waals surface area (Å²) in [5.74, 6) is -0.0315. The number of amides is 1. The van der Waals surface area contributed by atoms with Crippen LogP contribution < -0.4 is 11.1 Å². The average Bonchev–Trinajstić information content (AvgIpc) is 2.13. The standard InChI is InChI=1S/C11H23N3O2/c1-8(2)11(9(3)15)13-10(16)7-14(4)6-5-12/h8,11H,5-7,12H2,1-4H3,(H,13,16). The van der Waals surface area contributed by atoms with Crippen molar-refractivity contribution in [2.24, 2.45) is 11.7 Å². The second kappa shape index (κ2) is 7.35. The fourth-order valence-corrected chi connectivity index (χ4v) is 1.50. The van der Waals surface area contributed by atoms with Gasteiger partial charge in [-0.3, -0.25) is 14.5 Å². The summed E-state index contributed by atoms with van der Waals surface area (Å²) in [5, 5.41) is 2.73. The van der Waals surface area contributed by atoms with E-state index in [9.17, 15) is 9.59 Å². The van der Waals surface area contributed by atoms with Crippen LogP contribution in [-0.4, -0.2) is 49.3 Å². The van der Waals surface area contributed by atoms with E-state index in [1.807, 2.05) is 25.8 Å². The molecule has 0 rings (SSSR count). The van der Waals surface area contributed by atoms with E-state index < -0.39 is 6.04 Å². The summed E-state index contributed by atoms with van der Waals surface area (Å²) < 4.78 is 0. The molecule has 0 aromatic carbocycles. The molecule has 0 saturated heterocycles. The van der Waals surface area contributed by atoms with Gasteiger partial charge < -0.3 is 11.1 Å². The van der Waals surface area contributed by atoms with Crippen LogP contribution in [0.15, 0.2) is 0 Å². The Morgan fingerprint density at radius 2 is 1.94 bits per heavy atom. The third-order valence-electron chi connectivity index (χ3n) is 2.35. The van der Waals surface area contributed by atoms with Gasteiger partial charge >= 0.3 is 0 Å². The van der Waals surface area contributed by atoms with Crippen molar-refractivity contribution in [3.8, 4) is 0 Å². The fourth-order valence-electron chi connectivity index (χ4n) is 1.50. The van der Waals surface area contributed by atoms with Crippen molar-refractivity contribution in [1.82, 2.24) is 10.2 Å². The smallest absolute Gasteiger partial charge is 0.234 e. The van der Waals surface area contributed by atoms with Crippen LogP contribution in [0.3, 0.4) is 0 Å². The van der Waals surface area contributed by atoms with Crippen LogP contribution >= 0.6 is 0 Å². The Balaban J connectivity index is 4.15. The molecule has 5 nitrogen and oxygen atoms in total. The van der Waals surface area contributed by atoms with Crippen molar-refractivity contribution in [1.29, 1.82) is 0 Å². The Morgan fingerprint density at radius 1 is 1.38 bits per heavy atom. The van der Waals surface area contributed by atoms with Gasteiger partial charge in [-0.1, -0.05) is 13.8 Å². The minimum Gasteiger partial charge on any atom is -0.345 e. The van der Waals surface area contributed by atoms with Crippen LogP contribution in [0.2, 0.25) is 0 Å². The van der Waals surface area contributed by atoms with Gasteiger partial charge in [-0.2, -0.15) is 0 Å². The van der Waals surface area contributed by atoms with E-state index in [4.69, 9.17) is 5.73 Å². The maximum atomic E-state index is 11.6. The molecular weight excluding hydrogens is 206 g/mol. The molecule has 0 aliphatic heterocycles. The maximum absolute atomic E-state index is 11.6. The number of ketones is 1. The molecule has 94 valence electrons. The summed E-state index contributed by atoms with van der Waals surface area (Å²) in [4.78, 5) is 24.7. The summed E-state index contributed by atoms with van der Waals surface area (Å²) in [5.41, 5.74) is 5.38. The molecule has 1 amide bonds. The normalized spacial score (nSPS) is 12.9. The minimum atomic E-state index is -0.390. The SMILES string of the molecule is CC(=O)C(NC(=O)CN(C)CCN)C(C)C. The number of carbonyl (C=O) groups excluding carboxylic acids is 2. The van der Waals surface area contributed by atoms with Crippen molar-refractivity contribution in [3.05, 3.63) is 0 Å². The van der Waals surface area contributed by atoms with Crippen LogP contribution in [0.4, 0.5) is 0 Å². The Hall–Kier alpha value is -0.940. The molecule has 1 atom stereocenters. The van der Waals surface area contributed by atoms with Crippen molar-refractivity contribution in [2.45, 2.75) is 26.8 Å². The Bertz CT molecular complexity index is 241. The third-order valence-corrected chi connectivity index (χ3v) is 2.35. The van der Waals surface area contributed by atoms with E-state index >= 15 is 0 Å². The van der Waals surface area contributed by atoms with Gasteiger partial charge in [-0.15, -0.1) is 0 Å². The van der Waals surface area contributed by atoms with Crippen LogP contribution in [0.5, 0.6) is 0 Å². The Kier molecular flexibility index (Phi) is 6.92. The van der Waals surface area contributed by atoms with Gasteiger partial charge in [0.15, 0.2) is 5.78 Å². The lowest BCUT2D eigenvalue weighted by Gasteiger charge is -2.21. The van der Waals surface area contributed by atoms with Crippen LogP contribution in [0, 0.1) is 5.92 Å². The molecule has 0 spiro atoms. The van der Waals surface area contributed by atoms with Gasteiger partial charge in [0.2, 0.25) is 5.91 Å². The topological polar surface area (TPSA) is 75.4 Å². The lowest BCUT2D eigenvalue weighted by Crippen LogP contribution is -2.47. The molecule has 0 saturated carbocycles. The van der Waals surface area contributed by atoms with E-state index in [1.54, 1.807) is 0 Å². The zero-order chi connectivity index (χ0) is 12.7. The van der Waals surface area contributed by atoms with E-state index in [-0.39, 0.29) is 24.2 Å². The molecule has 0 heterocycles. The third kappa shape index (κ3) is 5.82. The predicted molar refractivity (Wildman–Crippen MR) is 64.0 cm³/mol. The number of nitrogens with two attached hydrogens (primary N) is 1. The first-order valence-electron chi connectivity index (χ1n) is 5.57. The van der Waals surface area contributed by atoms with Gasteiger partial charge in [-0.25, -0.2) is 0 Å². The number of nitrogens with one attached hydrogen (secondary N) is 1. The number of carbonyl (C=O) groups is 2. The van der Waals surface area contributed by atoms with Crippen molar-refractivity contribution in [3.63, 3.8) is 0 Å². The van der Waals surface area contributed by atoms with Crippen molar-refractivity contribution >= 4 is 11.7 Å². The van der Waals surface area contributed by atoms with Gasteiger partial charge in [-0.05, 0) is 19.9 Å². The number of hydrogen-bond donors (Lipinski definition) is 2. The molecule has 0 aromatic rings. The van der Waals surface area contributed by atoms with E-state index in [0.29, 0.717) is 13.1 Å². The van der Waals surface area contributed by atoms with Gasteiger partial charge in [0.25, 0.3) is 0 Å². The average molecular weight is 229 g/mol. The first-order chi connectivity index (χ1) is 7.38. The molecule has 1 unspecified atom stereocenters. The first-order valence-corrected chi connectivity index (χ1v) is 5.57. The molecule has 0 aliphatic rings. The molecular formula is C11H23N3O2. The molecule has 16 heavy (non-hydrogen) atoms. The summed E-state index contributed by atoms with van der Waals surface area (Å²) in [7, 11) is 1.82. The molecule has 0 bridgehead atoms. The maximum Gasteiger partial charge on any atom is 0.234 e. The van der Waals surface area contributed by atoms with Crippen molar-refractivity contribution in [2.75, 3.05) is 26.7 Å². The van der Waals surface area contributed by atoms with Crippen molar-refractivity contribution < 1.29 is 9.59 Å². The lowest BCUT2D eigenvalue weighted by atomic mass is 10.0. The summed E-state index contributed by atoms with van der Waals surface area (Å²) in [6, 6.07) is -0.390. The predicted octanol–water partition coefficient (Wildman–Crippen LogP) is -0.393. The lowest BCUT2D eigenvalue weighted by molar-refractivity contribution is -0.128. The van der Waals surface area contributed by atoms with Crippen LogP contribution in [0.1, 0.15) is 20.8 Å². The zero-order valence-electron chi connectivity index (χ0n) is 10.6. The molecule has 0 radical (unpaired) electrons. The number of Topliss-reactive ketones (excluding diaryl/α,β-unsaturated/α-hetero) is 1. The first kappa shape index (κ1) is 15.1. The largest absolute Gasteiger partial charge is 0.345 e. The number of hydrogen-bond acceptors (Lipinski definition) is 4. The molecule has 3 N–H and O–H groups in total. The Morgan fingerprint density at radius 3 is 2.31 bits per heavy atom. The van der Waals surface area contributed by atoms with E-state index in [2.05, 4.69) is 5.32 Å². The van der Waals surface area contributed by atoms with Crippen LogP contribution in [0.25, 0.3) is 0 Å². The minimum absolute atomic E-state index is 0.00942. The monoisotopic (exact) mass is 229 g/mol. The van der Waals surface area contributed by atoms with Gasteiger partial charge in [0.1, 0.15) is 0 Å². The highest BCUT2D eigenvalue weighted by molar-refractivity contribution is 5.88. The molecule has 5 heteroatoms. The van der Waals surface area contributed by atoms with Gasteiger partial charge in [0, 0.05) is 13.1 Å². The highest BCUT2D eigenvalue weighted by atomic mass is 16.2. The van der Waals surface area contributed by atoms with Crippen LogP contribution in [-0.2, 0) is 9.59 Å². The molecule has 0 aromatic heterocycles. The summed E-state index contributed by atoms with van der Waals surface area (Å²) >= 11 is 0. The number of rotatable bonds is 7. The number of nitrogens with zero attached hydrogens (tertiary/aromatic N) is 1. The second-order valence-corrected chi connectivity index (χ2v) is 4.43. The highest BCUT2D eigenvalue weighted by Gasteiger charge is 2.20. The number of likely N-dealkylation sites (N-methyl/N-ethyl adjacent to an activating group) is 1. The second-order valence-electron chi connectivity index (χ2n) is 4.43. The molecule has 0 aliphatic carbocycles. The van der Waals surface area contributed by atoms with Gasteiger partial charge in [0.05, 0.1) is 12.6 Å². The summed E-state index contributed by atoms with van der Waals surface area (Å²) in [6.45, 7) is 6.78. The highest BCUT2D eigenvalue weighted by Crippen LogP contribution is 2.02. The molecule has 0 fully saturated rings. The zero-order valence-corrected chi connectivity index (χ0v) is 10.6. The van der Waals surface area contributed by atoms with E-state index in [0.717, 1.165) is 0 Å².